The number of amides is 1. The third kappa shape index (κ3) is 5.12. The van der Waals surface area contributed by atoms with Gasteiger partial charge in [0.25, 0.3) is 0 Å². The van der Waals surface area contributed by atoms with Crippen molar-refractivity contribution in [2.24, 2.45) is 5.10 Å². The number of rotatable bonds is 7. The van der Waals surface area contributed by atoms with Gasteiger partial charge in [-0.1, -0.05) is 23.7 Å². The van der Waals surface area contributed by atoms with Crippen LogP contribution >= 0.6 is 11.6 Å². The van der Waals surface area contributed by atoms with E-state index in [1.165, 1.54) is 27.5 Å². The fourth-order valence-corrected chi connectivity index (χ4v) is 2.31. The van der Waals surface area contributed by atoms with E-state index < -0.39 is 0 Å². The van der Waals surface area contributed by atoms with E-state index in [2.05, 4.69) is 10.5 Å². The van der Waals surface area contributed by atoms with Gasteiger partial charge in [-0.15, -0.1) is 0 Å². The summed E-state index contributed by atoms with van der Waals surface area (Å²) < 4.78 is 15.8. The van der Waals surface area contributed by atoms with Gasteiger partial charge >= 0.3 is 0 Å². The second-order valence-electron chi connectivity index (χ2n) is 5.06. The lowest BCUT2D eigenvalue weighted by molar-refractivity contribution is -0.120. The zero-order valence-electron chi connectivity index (χ0n) is 14.2. The number of nitrogens with zero attached hydrogens (tertiary/aromatic N) is 1. The maximum Gasteiger partial charge on any atom is 0.244 e. The highest BCUT2D eigenvalue weighted by Gasteiger charge is 2.12. The lowest BCUT2D eigenvalue weighted by atomic mass is 10.1. The van der Waals surface area contributed by atoms with E-state index in [0.29, 0.717) is 27.8 Å². The quantitative estimate of drug-likeness (QED) is 0.607. The van der Waals surface area contributed by atoms with Crippen molar-refractivity contribution in [1.82, 2.24) is 5.43 Å². The summed E-state index contributed by atoms with van der Waals surface area (Å²) in [5.41, 5.74) is 4.03. The van der Waals surface area contributed by atoms with E-state index in [9.17, 15) is 4.79 Å². The maximum atomic E-state index is 11.9. The molecule has 1 N–H and O–H groups in total. The minimum absolute atomic E-state index is 0.212. The largest absolute Gasteiger partial charge is 0.493 e. The van der Waals surface area contributed by atoms with Crippen LogP contribution in [0.25, 0.3) is 0 Å². The summed E-state index contributed by atoms with van der Waals surface area (Å²) in [5.74, 6) is 1.28. The van der Waals surface area contributed by atoms with Crippen LogP contribution in [-0.2, 0) is 11.2 Å². The van der Waals surface area contributed by atoms with Crippen molar-refractivity contribution in [2.75, 3.05) is 21.3 Å². The first-order valence-electron chi connectivity index (χ1n) is 7.43. The number of halogens is 1. The molecule has 0 atom stereocenters. The van der Waals surface area contributed by atoms with Crippen molar-refractivity contribution in [3.8, 4) is 17.2 Å². The second-order valence-corrected chi connectivity index (χ2v) is 5.49. The molecule has 0 bridgehead atoms. The molecule has 2 rings (SSSR count). The number of benzene rings is 2. The van der Waals surface area contributed by atoms with Gasteiger partial charge in [0, 0.05) is 10.6 Å². The van der Waals surface area contributed by atoms with Crippen molar-refractivity contribution in [2.45, 2.75) is 6.42 Å². The Bertz CT molecular complexity index is 735. The molecule has 6 nitrogen and oxygen atoms in total. The third-order valence-electron chi connectivity index (χ3n) is 3.37. The molecule has 0 radical (unpaired) electrons. The Labute approximate surface area is 151 Å². The lowest BCUT2D eigenvalue weighted by Crippen LogP contribution is -2.19. The first-order valence-corrected chi connectivity index (χ1v) is 7.81. The molecule has 132 valence electrons. The van der Waals surface area contributed by atoms with Crippen LogP contribution in [0, 0.1) is 0 Å². The summed E-state index contributed by atoms with van der Waals surface area (Å²) in [7, 11) is 4.60. The Hall–Kier alpha value is -2.73. The fraction of sp³-hybridized carbons (Fsp3) is 0.222. The summed E-state index contributed by atoms with van der Waals surface area (Å²) in [5, 5.41) is 4.59. The molecule has 0 fully saturated rings. The van der Waals surface area contributed by atoms with E-state index in [4.69, 9.17) is 25.8 Å². The van der Waals surface area contributed by atoms with Gasteiger partial charge in [-0.25, -0.2) is 5.43 Å². The molecule has 0 aliphatic rings. The molecule has 0 aliphatic carbocycles. The van der Waals surface area contributed by atoms with E-state index in [1.807, 2.05) is 0 Å². The predicted molar refractivity (Wildman–Crippen MR) is 97.0 cm³/mol. The number of hydrogen-bond acceptors (Lipinski definition) is 5. The van der Waals surface area contributed by atoms with Crippen LogP contribution in [0.5, 0.6) is 17.2 Å². The van der Waals surface area contributed by atoms with E-state index in [-0.39, 0.29) is 12.3 Å². The molecule has 0 spiro atoms. The molecule has 0 heterocycles. The summed E-state index contributed by atoms with van der Waals surface area (Å²) in [4.78, 5) is 11.9. The van der Waals surface area contributed by atoms with E-state index >= 15 is 0 Å². The van der Waals surface area contributed by atoms with Crippen LogP contribution < -0.4 is 19.6 Å². The molecule has 0 aliphatic heterocycles. The molecule has 0 aromatic heterocycles. The number of methoxy groups -OCH3 is 3. The fourth-order valence-electron chi connectivity index (χ4n) is 2.18. The van der Waals surface area contributed by atoms with Crippen LogP contribution in [0.2, 0.25) is 5.02 Å². The van der Waals surface area contributed by atoms with Gasteiger partial charge in [-0.3, -0.25) is 4.79 Å². The molecule has 0 saturated heterocycles. The van der Waals surface area contributed by atoms with Gasteiger partial charge < -0.3 is 14.2 Å². The third-order valence-corrected chi connectivity index (χ3v) is 3.62. The average molecular weight is 363 g/mol. The zero-order valence-corrected chi connectivity index (χ0v) is 15.0. The minimum atomic E-state index is -0.231. The highest BCUT2D eigenvalue weighted by molar-refractivity contribution is 6.30. The zero-order chi connectivity index (χ0) is 18.2. The van der Waals surface area contributed by atoms with Crippen LogP contribution in [0.4, 0.5) is 0 Å². The van der Waals surface area contributed by atoms with Gasteiger partial charge in [0.05, 0.1) is 34.0 Å². The van der Waals surface area contributed by atoms with Crippen LogP contribution in [0.1, 0.15) is 11.1 Å². The molecule has 0 unspecified atom stereocenters. The molecule has 1 amide bonds. The van der Waals surface area contributed by atoms with Gasteiger partial charge in [-0.05, 0) is 29.8 Å². The predicted octanol–water partition coefficient (Wildman–Crippen LogP) is 3.06. The number of carbonyl (C=O) groups is 1. The minimum Gasteiger partial charge on any atom is -0.493 e. The monoisotopic (exact) mass is 362 g/mol. The second kappa shape index (κ2) is 8.94. The van der Waals surface area contributed by atoms with E-state index in [0.717, 1.165) is 5.56 Å². The highest BCUT2D eigenvalue weighted by atomic mass is 35.5. The van der Waals surface area contributed by atoms with Crippen molar-refractivity contribution >= 4 is 23.7 Å². The first-order chi connectivity index (χ1) is 12.1. The molecule has 0 saturated carbocycles. The van der Waals surface area contributed by atoms with Gasteiger partial charge in [0.1, 0.15) is 0 Å². The smallest absolute Gasteiger partial charge is 0.244 e. The summed E-state index contributed by atoms with van der Waals surface area (Å²) in [6, 6.07) is 10.5. The molecule has 7 heteroatoms. The Morgan fingerprint density at radius 1 is 1.08 bits per heavy atom. The molecule has 2 aromatic carbocycles. The Morgan fingerprint density at radius 3 is 2.20 bits per heavy atom. The van der Waals surface area contributed by atoms with Gasteiger partial charge in [0.15, 0.2) is 11.5 Å². The molecule has 25 heavy (non-hydrogen) atoms. The van der Waals surface area contributed by atoms with Gasteiger partial charge in [-0.2, -0.15) is 5.10 Å². The Morgan fingerprint density at radius 2 is 1.68 bits per heavy atom. The summed E-state index contributed by atoms with van der Waals surface area (Å²) >= 11 is 5.82. The summed E-state index contributed by atoms with van der Waals surface area (Å²) in [6.45, 7) is 0. The Balaban J connectivity index is 2.03. The lowest BCUT2D eigenvalue weighted by Gasteiger charge is -2.12. The molecular weight excluding hydrogens is 344 g/mol. The van der Waals surface area contributed by atoms with Crippen LogP contribution in [-0.4, -0.2) is 33.5 Å². The molecule has 2 aromatic rings. The Kier molecular flexibility index (Phi) is 6.65. The average Bonchev–Trinajstić information content (AvgIpc) is 2.62. The van der Waals surface area contributed by atoms with Crippen molar-refractivity contribution < 1.29 is 19.0 Å². The van der Waals surface area contributed by atoms with E-state index in [1.54, 1.807) is 36.4 Å². The number of hydrogen-bond donors (Lipinski definition) is 1. The number of nitrogens with one attached hydrogen (secondary N) is 1. The standard InChI is InChI=1S/C18H19ClN2O4/c1-23-15-8-13(9-16(24-2)18(15)25-3)11-20-21-17(22)10-12-4-6-14(19)7-5-12/h4-9,11H,10H2,1-3H3,(H,21,22)/b20-11-. The van der Waals surface area contributed by atoms with Crippen LogP contribution in [0.15, 0.2) is 41.5 Å². The maximum absolute atomic E-state index is 11.9. The normalized spacial score (nSPS) is 10.6. The number of hydrazone groups is 1. The van der Waals surface area contributed by atoms with Gasteiger partial charge in [0.2, 0.25) is 11.7 Å². The van der Waals surface area contributed by atoms with Crippen molar-refractivity contribution in [3.63, 3.8) is 0 Å². The first kappa shape index (κ1) is 18.6. The SMILES string of the molecule is COc1cc(/C=N\NC(=O)Cc2ccc(Cl)cc2)cc(OC)c1OC. The molecular formula is C18H19ClN2O4. The van der Waals surface area contributed by atoms with Crippen molar-refractivity contribution in [3.05, 3.63) is 52.5 Å². The number of ether oxygens (including phenoxy) is 3. The number of carbonyl (C=O) groups excluding carboxylic acids is 1. The van der Waals surface area contributed by atoms with Crippen molar-refractivity contribution in [1.29, 1.82) is 0 Å². The van der Waals surface area contributed by atoms with Crippen LogP contribution in [0.3, 0.4) is 0 Å². The topological polar surface area (TPSA) is 69.2 Å². The highest BCUT2D eigenvalue weighted by Crippen LogP contribution is 2.37. The summed E-state index contributed by atoms with van der Waals surface area (Å²) in [6.07, 6.45) is 1.72.